The predicted molar refractivity (Wildman–Crippen MR) is 98.7 cm³/mol. The standard InChI is InChI=1S/C17H15IN2O5/c1-9-4-11(12(7-19)17(22)20-9)10-5-13(18)16(14(6-10)23-2)25-8-15(21)24-3/h4-6H,8H2,1-3H3,(H,20,22). The summed E-state index contributed by atoms with van der Waals surface area (Å²) in [5, 5.41) is 9.30. The number of ether oxygens (including phenoxy) is 3. The van der Waals surface area contributed by atoms with Crippen LogP contribution in [-0.4, -0.2) is 31.8 Å². The first-order valence-electron chi connectivity index (χ1n) is 7.12. The van der Waals surface area contributed by atoms with Crippen molar-refractivity contribution < 1.29 is 19.0 Å². The lowest BCUT2D eigenvalue weighted by molar-refractivity contribution is -0.142. The molecule has 8 heteroatoms. The van der Waals surface area contributed by atoms with E-state index < -0.39 is 11.5 Å². The van der Waals surface area contributed by atoms with E-state index in [4.69, 9.17) is 9.47 Å². The molecule has 1 heterocycles. The minimum absolute atomic E-state index is 0.0201. The van der Waals surface area contributed by atoms with Gasteiger partial charge in [-0.15, -0.1) is 0 Å². The fourth-order valence-corrected chi connectivity index (χ4v) is 2.99. The molecule has 0 atom stereocenters. The van der Waals surface area contributed by atoms with Crippen molar-refractivity contribution in [3.63, 3.8) is 0 Å². The number of carbonyl (C=O) groups is 1. The summed E-state index contributed by atoms with van der Waals surface area (Å²) in [6, 6.07) is 7.06. The molecule has 2 rings (SSSR count). The zero-order chi connectivity index (χ0) is 18.6. The minimum Gasteiger partial charge on any atom is -0.493 e. The maximum absolute atomic E-state index is 12.0. The Labute approximate surface area is 157 Å². The van der Waals surface area contributed by atoms with Gasteiger partial charge in [0.15, 0.2) is 18.1 Å². The van der Waals surface area contributed by atoms with Crippen LogP contribution in [0.4, 0.5) is 0 Å². The van der Waals surface area contributed by atoms with Gasteiger partial charge in [-0.25, -0.2) is 4.79 Å². The molecule has 0 fully saturated rings. The summed E-state index contributed by atoms with van der Waals surface area (Å²) in [6.45, 7) is 1.48. The number of hydrogen-bond donors (Lipinski definition) is 1. The number of H-pyrrole nitrogens is 1. The largest absolute Gasteiger partial charge is 0.493 e. The Morgan fingerprint density at radius 2 is 2.04 bits per heavy atom. The molecule has 0 aliphatic carbocycles. The lowest BCUT2D eigenvalue weighted by Crippen LogP contribution is -2.14. The van der Waals surface area contributed by atoms with Crippen molar-refractivity contribution in [1.29, 1.82) is 5.26 Å². The van der Waals surface area contributed by atoms with Crippen LogP contribution in [0.5, 0.6) is 11.5 Å². The second kappa shape index (κ2) is 8.02. The molecule has 0 bridgehead atoms. The maximum Gasteiger partial charge on any atom is 0.343 e. The van der Waals surface area contributed by atoms with Crippen LogP contribution in [0.1, 0.15) is 11.3 Å². The van der Waals surface area contributed by atoms with Crippen molar-refractivity contribution in [1.82, 2.24) is 4.98 Å². The van der Waals surface area contributed by atoms with Gasteiger partial charge in [0, 0.05) is 11.3 Å². The fourth-order valence-electron chi connectivity index (χ4n) is 2.23. The number of benzene rings is 1. The van der Waals surface area contributed by atoms with Gasteiger partial charge in [-0.1, -0.05) is 0 Å². The highest BCUT2D eigenvalue weighted by atomic mass is 127. The number of methoxy groups -OCH3 is 2. The number of esters is 1. The Hall–Kier alpha value is -2.54. The predicted octanol–water partition coefficient (Wildman–Crippen LogP) is 2.39. The summed E-state index contributed by atoms with van der Waals surface area (Å²) >= 11 is 2.04. The smallest absolute Gasteiger partial charge is 0.343 e. The Kier molecular flexibility index (Phi) is 6.03. The van der Waals surface area contributed by atoms with Crippen LogP contribution in [0, 0.1) is 21.8 Å². The molecule has 0 saturated carbocycles. The number of aromatic nitrogens is 1. The van der Waals surface area contributed by atoms with Gasteiger partial charge in [0.1, 0.15) is 11.6 Å². The van der Waals surface area contributed by atoms with E-state index in [0.717, 1.165) is 0 Å². The van der Waals surface area contributed by atoms with Crippen molar-refractivity contribution in [3.05, 3.63) is 43.4 Å². The van der Waals surface area contributed by atoms with Gasteiger partial charge in [-0.2, -0.15) is 5.26 Å². The molecule has 1 aromatic heterocycles. The van der Waals surface area contributed by atoms with Gasteiger partial charge in [0.2, 0.25) is 0 Å². The van der Waals surface area contributed by atoms with Crippen molar-refractivity contribution in [3.8, 4) is 28.7 Å². The molecule has 0 aliphatic rings. The van der Waals surface area contributed by atoms with Crippen molar-refractivity contribution in [2.75, 3.05) is 20.8 Å². The normalized spacial score (nSPS) is 10.0. The summed E-state index contributed by atoms with van der Waals surface area (Å²) in [5.74, 6) is 0.254. The topological polar surface area (TPSA) is 101 Å². The van der Waals surface area contributed by atoms with E-state index in [9.17, 15) is 14.9 Å². The van der Waals surface area contributed by atoms with E-state index in [2.05, 4.69) is 9.72 Å². The van der Waals surface area contributed by atoms with Gasteiger partial charge in [-0.3, -0.25) is 4.79 Å². The van der Waals surface area contributed by atoms with E-state index in [1.807, 2.05) is 28.7 Å². The molecule has 0 unspecified atom stereocenters. The summed E-state index contributed by atoms with van der Waals surface area (Å²) in [6.07, 6.45) is 0. The SMILES string of the molecule is COC(=O)COc1c(I)cc(-c2cc(C)[nH]c(=O)c2C#N)cc1OC. The summed E-state index contributed by atoms with van der Waals surface area (Å²) in [4.78, 5) is 25.9. The molecule has 0 spiro atoms. The van der Waals surface area contributed by atoms with Crippen LogP contribution in [0.2, 0.25) is 0 Å². The number of carbonyl (C=O) groups excluding carboxylic acids is 1. The van der Waals surface area contributed by atoms with Crippen LogP contribution >= 0.6 is 22.6 Å². The molecule has 0 saturated heterocycles. The van der Waals surface area contributed by atoms with Crippen LogP contribution in [0.25, 0.3) is 11.1 Å². The number of nitrogens with zero attached hydrogens (tertiary/aromatic N) is 1. The highest BCUT2D eigenvalue weighted by Gasteiger charge is 2.17. The van der Waals surface area contributed by atoms with Gasteiger partial charge in [-0.05, 0) is 53.3 Å². The molecular weight excluding hydrogens is 439 g/mol. The number of halogens is 1. The number of hydrogen-bond acceptors (Lipinski definition) is 6. The van der Waals surface area contributed by atoms with Crippen LogP contribution in [0.3, 0.4) is 0 Å². The van der Waals surface area contributed by atoms with E-state index in [0.29, 0.717) is 31.9 Å². The number of aryl methyl sites for hydroxylation is 1. The van der Waals surface area contributed by atoms with Gasteiger partial charge in [0.05, 0.1) is 17.8 Å². The Morgan fingerprint density at radius 1 is 1.32 bits per heavy atom. The monoisotopic (exact) mass is 454 g/mol. The first kappa shape index (κ1) is 18.8. The highest BCUT2D eigenvalue weighted by molar-refractivity contribution is 14.1. The average molecular weight is 454 g/mol. The Balaban J connectivity index is 2.56. The molecule has 0 amide bonds. The van der Waals surface area contributed by atoms with Crippen molar-refractivity contribution >= 4 is 28.6 Å². The van der Waals surface area contributed by atoms with Crippen LogP contribution < -0.4 is 15.0 Å². The number of nitriles is 1. The number of nitrogens with one attached hydrogen (secondary N) is 1. The second-order valence-corrected chi connectivity index (χ2v) is 6.20. The number of pyridine rings is 1. The third-order valence-corrected chi connectivity index (χ3v) is 4.18. The average Bonchev–Trinajstić information content (AvgIpc) is 2.59. The van der Waals surface area contributed by atoms with Gasteiger partial charge >= 0.3 is 5.97 Å². The molecule has 2 aromatic rings. The van der Waals surface area contributed by atoms with E-state index >= 15 is 0 Å². The molecule has 25 heavy (non-hydrogen) atoms. The number of aromatic amines is 1. The van der Waals surface area contributed by atoms with Crippen molar-refractivity contribution in [2.45, 2.75) is 6.92 Å². The third kappa shape index (κ3) is 4.11. The molecular formula is C17H15IN2O5. The number of rotatable bonds is 5. The molecule has 0 radical (unpaired) electrons. The van der Waals surface area contributed by atoms with E-state index in [1.54, 1.807) is 25.1 Å². The molecule has 130 valence electrons. The minimum atomic E-state index is -0.515. The Morgan fingerprint density at radius 3 is 2.64 bits per heavy atom. The summed E-state index contributed by atoms with van der Waals surface area (Å²) < 4.78 is 16.0. The zero-order valence-electron chi connectivity index (χ0n) is 13.8. The maximum atomic E-state index is 12.0. The molecule has 7 nitrogen and oxygen atoms in total. The van der Waals surface area contributed by atoms with Crippen molar-refractivity contribution in [2.24, 2.45) is 0 Å². The first-order chi connectivity index (χ1) is 11.9. The highest BCUT2D eigenvalue weighted by Crippen LogP contribution is 2.37. The summed E-state index contributed by atoms with van der Waals surface area (Å²) in [7, 11) is 2.74. The lowest BCUT2D eigenvalue weighted by Gasteiger charge is -2.14. The Bertz CT molecular complexity index is 914. The molecule has 1 aromatic carbocycles. The van der Waals surface area contributed by atoms with Crippen LogP contribution in [-0.2, 0) is 9.53 Å². The van der Waals surface area contributed by atoms with E-state index in [1.165, 1.54) is 14.2 Å². The quantitative estimate of drug-likeness (QED) is 0.550. The first-order valence-corrected chi connectivity index (χ1v) is 8.20. The lowest BCUT2D eigenvalue weighted by atomic mass is 10.0. The molecule has 1 N–H and O–H groups in total. The van der Waals surface area contributed by atoms with Crippen LogP contribution in [0.15, 0.2) is 23.0 Å². The zero-order valence-corrected chi connectivity index (χ0v) is 16.0. The third-order valence-electron chi connectivity index (χ3n) is 3.38. The van der Waals surface area contributed by atoms with E-state index in [-0.39, 0.29) is 12.2 Å². The van der Waals surface area contributed by atoms with Gasteiger partial charge in [0.25, 0.3) is 5.56 Å². The fraction of sp³-hybridized carbons (Fsp3) is 0.235. The van der Waals surface area contributed by atoms with Gasteiger partial charge < -0.3 is 19.2 Å². The molecule has 0 aliphatic heterocycles. The second-order valence-electron chi connectivity index (χ2n) is 5.04. The summed E-state index contributed by atoms with van der Waals surface area (Å²) in [5.41, 5.74) is 1.35.